The maximum atomic E-state index is 11.0. The average molecular weight is 410 g/mol. The van der Waals surface area contributed by atoms with Gasteiger partial charge >= 0.3 is 0 Å². The number of hydrogen-bond acceptors (Lipinski definition) is 4. The third-order valence-corrected chi connectivity index (χ3v) is 5.87. The van der Waals surface area contributed by atoms with Gasteiger partial charge in [-0.3, -0.25) is 0 Å². The molecule has 1 aromatic heterocycles. The standard InChI is InChI=1S/C26H19NO4/c1-27-13-21-18(9-10-22(26(21)28)29-14-16-5-3-2-4-6-16)19-8-7-17-11-23-24(31-15-30-23)12-20(17)25(19)27/h2-13H,14-15H2,1H3/p+1. The highest BCUT2D eigenvalue weighted by molar-refractivity contribution is 6.15. The first-order chi connectivity index (χ1) is 15.2. The Balaban J connectivity index is 1.51. The van der Waals surface area contributed by atoms with Gasteiger partial charge in [-0.2, -0.15) is 4.57 Å². The SMILES string of the molecule is C[n+]1cc2c(O)c(OCc3ccccc3)ccc2c2ccc3cc4c(cc3c21)OCO4. The number of phenols is 1. The second kappa shape index (κ2) is 6.77. The number of fused-ring (bicyclic) bond motifs is 6. The van der Waals surface area contributed by atoms with Crippen LogP contribution < -0.4 is 18.8 Å². The Labute approximate surface area is 178 Å². The molecule has 0 bridgehead atoms. The summed E-state index contributed by atoms with van der Waals surface area (Å²) in [6.45, 7) is 0.649. The third kappa shape index (κ3) is 2.81. The van der Waals surface area contributed by atoms with Gasteiger partial charge in [0.1, 0.15) is 13.7 Å². The van der Waals surface area contributed by atoms with E-state index in [1.165, 1.54) is 0 Å². The summed E-state index contributed by atoms with van der Waals surface area (Å²) in [7, 11) is 1.99. The lowest BCUT2D eigenvalue weighted by Crippen LogP contribution is -2.28. The van der Waals surface area contributed by atoms with Crippen LogP contribution in [0.1, 0.15) is 5.56 Å². The van der Waals surface area contributed by atoms with E-state index < -0.39 is 0 Å². The molecular formula is C26H20NO4+. The van der Waals surface area contributed by atoms with E-state index in [4.69, 9.17) is 14.2 Å². The summed E-state index contributed by atoms with van der Waals surface area (Å²) in [6, 6.07) is 22.0. The van der Waals surface area contributed by atoms with Gasteiger partial charge in [0.2, 0.25) is 12.3 Å². The molecule has 6 rings (SSSR count). The molecule has 2 heterocycles. The Hall–Kier alpha value is -3.99. The van der Waals surface area contributed by atoms with E-state index in [1.54, 1.807) is 0 Å². The largest absolute Gasteiger partial charge is 0.504 e. The fourth-order valence-electron chi connectivity index (χ4n) is 4.36. The highest BCUT2D eigenvalue weighted by atomic mass is 16.7. The summed E-state index contributed by atoms with van der Waals surface area (Å²) >= 11 is 0. The van der Waals surface area contributed by atoms with E-state index in [1.807, 2.05) is 72.4 Å². The number of rotatable bonds is 3. The number of aromatic nitrogens is 1. The molecule has 0 unspecified atom stereocenters. The van der Waals surface area contributed by atoms with Gasteiger partial charge in [-0.15, -0.1) is 0 Å². The second-order valence-corrected chi connectivity index (χ2v) is 7.78. The molecule has 1 aliphatic heterocycles. The zero-order valence-electron chi connectivity index (χ0n) is 17.0. The minimum absolute atomic E-state index is 0.150. The van der Waals surface area contributed by atoms with Gasteiger partial charge in [-0.05, 0) is 41.3 Å². The summed E-state index contributed by atoms with van der Waals surface area (Å²) in [5.74, 6) is 2.15. The lowest BCUT2D eigenvalue weighted by Gasteiger charge is -2.12. The first-order valence-corrected chi connectivity index (χ1v) is 10.2. The van der Waals surface area contributed by atoms with E-state index in [-0.39, 0.29) is 12.5 Å². The van der Waals surface area contributed by atoms with Crippen LogP contribution in [0.25, 0.3) is 32.4 Å². The molecule has 1 aliphatic rings. The Kier molecular flexibility index (Phi) is 3.90. The Bertz CT molecular complexity index is 1480. The molecule has 31 heavy (non-hydrogen) atoms. The topological polar surface area (TPSA) is 51.8 Å². The minimum Gasteiger partial charge on any atom is -0.504 e. The third-order valence-electron chi connectivity index (χ3n) is 5.87. The monoisotopic (exact) mass is 410 g/mol. The fraction of sp³-hybridized carbons (Fsp3) is 0.115. The molecule has 0 atom stereocenters. The summed E-state index contributed by atoms with van der Waals surface area (Å²) in [4.78, 5) is 0. The van der Waals surface area contributed by atoms with E-state index in [9.17, 15) is 5.11 Å². The molecule has 5 aromatic rings. The van der Waals surface area contributed by atoms with Crippen molar-refractivity contribution in [1.82, 2.24) is 0 Å². The first-order valence-electron chi connectivity index (χ1n) is 10.2. The van der Waals surface area contributed by atoms with Crippen LogP contribution in [-0.2, 0) is 13.7 Å². The molecule has 152 valence electrons. The van der Waals surface area contributed by atoms with E-state index in [2.05, 4.69) is 12.1 Å². The van der Waals surface area contributed by atoms with Gasteiger partial charge in [0, 0.05) is 5.39 Å². The zero-order chi connectivity index (χ0) is 20.9. The summed E-state index contributed by atoms with van der Waals surface area (Å²) in [5, 5.41) is 15.9. The zero-order valence-corrected chi connectivity index (χ0v) is 17.0. The molecule has 5 nitrogen and oxygen atoms in total. The van der Waals surface area contributed by atoms with Crippen molar-refractivity contribution in [1.29, 1.82) is 0 Å². The molecule has 0 saturated heterocycles. The van der Waals surface area contributed by atoms with Crippen molar-refractivity contribution in [3.05, 3.63) is 78.5 Å². The van der Waals surface area contributed by atoms with Gasteiger partial charge in [-0.25, -0.2) is 0 Å². The number of benzene rings is 4. The van der Waals surface area contributed by atoms with Crippen LogP contribution in [0.3, 0.4) is 0 Å². The second-order valence-electron chi connectivity index (χ2n) is 7.78. The molecule has 0 fully saturated rings. The quantitative estimate of drug-likeness (QED) is 0.337. The van der Waals surface area contributed by atoms with Gasteiger partial charge in [0.25, 0.3) is 0 Å². The van der Waals surface area contributed by atoms with Crippen molar-refractivity contribution in [2.24, 2.45) is 7.05 Å². The fourth-order valence-corrected chi connectivity index (χ4v) is 4.36. The van der Waals surface area contributed by atoms with Crippen LogP contribution in [0.15, 0.2) is 72.9 Å². The summed E-state index contributed by atoms with van der Waals surface area (Å²) < 4.78 is 19.1. The Morgan fingerprint density at radius 3 is 2.48 bits per heavy atom. The number of nitrogens with zero attached hydrogens (tertiary/aromatic N) is 1. The molecule has 0 saturated carbocycles. The normalized spacial score (nSPS) is 12.7. The van der Waals surface area contributed by atoms with Crippen molar-refractivity contribution in [3.8, 4) is 23.0 Å². The van der Waals surface area contributed by atoms with Crippen LogP contribution in [-0.4, -0.2) is 11.9 Å². The van der Waals surface area contributed by atoms with Crippen molar-refractivity contribution in [2.75, 3.05) is 6.79 Å². The Morgan fingerprint density at radius 2 is 1.65 bits per heavy atom. The van der Waals surface area contributed by atoms with Crippen LogP contribution >= 0.6 is 0 Å². The highest BCUT2D eigenvalue weighted by Crippen LogP contribution is 2.41. The van der Waals surface area contributed by atoms with E-state index in [0.717, 1.165) is 49.5 Å². The van der Waals surface area contributed by atoms with Crippen molar-refractivity contribution in [3.63, 3.8) is 0 Å². The molecule has 0 aliphatic carbocycles. The van der Waals surface area contributed by atoms with Crippen LogP contribution in [0.2, 0.25) is 0 Å². The molecule has 0 radical (unpaired) electrons. The van der Waals surface area contributed by atoms with Gasteiger partial charge in [-0.1, -0.05) is 36.4 Å². The highest BCUT2D eigenvalue weighted by Gasteiger charge is 2.21. The number of hydrogen-bond donors (Lipinski definition) is 1. The van der Waals surface area contributed by atoms with Crippen molar-refractivity contribution < 1.29 is 23.9 Å². The number of ether oxygens (including phenoxy) is 3. The number of aromatic hydroxyl groups is 1. The molecule has 0 spiro atoms. The van der Waals surface area contributed by atoms with Gasteiger partial charge < -0.3 is 19.3 Å². The first kappa shape index (κ1) is 17.8. The predicted octanol–water partition coefficient (Wildman–Crippen LogP) is 4.98. The Morgan fingerprint density at radius 1 is 0.871 bits per heavy atom. The summed E-state index contributed by atoms with van der Waals surface area (Å²) in [5.41, 5.74) is 2.12. The summed E-state index contributed by atoms with van der Waals surface area (Å²) in [6.07, 6.45) is 1.95. The van der Waals surface area contributed by atoms with Crippen molar-refractivity contribution in [2.45, 2.75) is 6.61 Å². The van der Waals surface area contributed by atoms with E-state index >= 15 is 0 Å². The van der Waals surface area contributed by atoms with Crippen LogP contribution in [0.4, 0.5) is 0 Å². The maximum absolute atomic E-state index is 11.0. The minimum atomic E-state index is 0.150. The molecule has 1 N–H and O–H groups in total. The number of aryl methyl sites for hydroxylation is 1. The number of phenolic OH excluding ortho intramolecular Hbond substituents is 1. The molecule has 0 amide bonds. The lowest BCUT2D eigenvalue weighted by atomic mass is 10.00. The van der Waals surface area contributed by atoms with Crippen molar-refractivity contribution >= 4 is 32.4 Å². The molecule has 5 heteroatoms. The van der Waals surface area contributed by atoms with Crippen LogP contribution in [0, 0.1) is 0 Å². The molecular weight excluding hydrogens is 390 g/mol. The molecule has 4 aromatic carbocycles. The van der Waals surface area contributed by atoms with Gasteiger partial charge in [0.15, 0.2) is 29.2 Å². The number of pyridine rings is 1. The lowest BCUT2D eigenvalue weighted by molar-refractivity contribution is -0.642. The average Bonchev–Trinajstić information content (AvgIpc) is 3.25. The van der Waals surface area contributed by atoms with E-state index in [0.29, 0.717) is 12.4 Å². The van der Waals surface area contributed by atoms with Crippen LogP contribution in [0.5, 0.6) is 23.0 Å². The smallest absolute Gasteiger partial charge is 0.231 e. The maximum Gasteiger partial charge on any atom is 0.231 e. The van der Waals surface area contributed by atoms with Gasteiger partial charge in [0.05, 0.1) is 16.2 Å². The predicted molar refractivity (Wildman–Crippen MR) is 119 cm³/mol.